The maximum absolute atomic E-state index is 12.6. The fraction of sp³-hybridized carbons (Fsp3) is 0.571. The van der Waals surface area contributed by atoms with E-state index in [-0.39, 0.29) is 43.3 Å². The van der Waals surface area contributed by atoms with E-state index < -0.39 is 13.6 Å². The Morgan fingerprint density at radius 2 is 1.77 bits per heavy atom. The quantitative estimate of drug-likeness (QED) is 0.389. The SMILES string of the molecule is CCOP(=O)(Cc1oc(C(C)=O)cc1COC(C)=O)OCC. The van der Waals surface area contributed by atoms with E-state index in [1.165, 1.54) is 19.9 Å². The molecule has 0 saturated carbocycles. The van der Waals surface area contributed by atoms with E-state index >= 15 is 0 Å². The van der Waals surface area contributed by atoms with Crippen molar-refractivity contribution < 1.29 is 32.4 Å². The van der Waals surface area contributed by atoms with Crippen LogP contribution in [0.1, 0.15) is 49.6 Å². The smallest absolute Gasteiger partial charge is 0.338 e. The molecular formula is C14H21O7P. The highest BCUT2D eigenvalue weighted by atomic mass is 31.2. The molecule has 0 N–H and O–H groups in total. The van der Waals surface area contributed by atoms with Crippen LogP contribution in [0.5, 0.6) is 0 Å². The molecule has 0 aliphatic rings. The van der Waals surface area contributed by atoms with E-state index in [1.54, 1.807) is 13.8 Å². The highest BCUT2D eigenvalue weighted by Gasteiger charge is 2.29. The summed E-state index contributed by atoms with van der Waals surface area (Å²) in [6, 6.07) is 1.48. The highest BCUT2D eigenvalue weighted by Crippen LogP contribution is 2.52. The molecule has 0 bridgehead atoms. The first-order chi connectivity index (χ1) is 10.3. The lowest BCUT2D eigenvalue weighted by Gasteiger charge is -2.16. The van der Waals surface area contributed by atoms with Crippen LogP contribution < -0.4 is 0 Å². The predicted molar refractivity (Wildman–Crippen MR) is 78.7 cm³/mol. The standard InChI is InChI=1S/C14H21O7P/c1-5-19-22(17,20-6-2)9-14-12(8-18-11(4)16)7-13(21-14)10(3)15/h7H,5-6,8-9H2,1-4H3. The van der Waals surface area contributed by atoms with Crippen molar-refractivity contribution in [2.45, 2.75) is 40.5 Å². The van der Waals surface area contributed by atoms with Gasteiger partial charge in [-0.3, -0.25) is 14.2 Å². The number of furan rings is 1. The molecule has 0 saturated heterocycles. The number of rotatable bonds is 9. The summed E-state index contributed by atoms with van der Waals surface area (Å²) in [4.78, 5) is 22.4. The van der Waals surface area contributed by atoms with Gasteiger partial charge < -0.3 is 18.2 Å². The largest absolute Gasteiger partial charge is 0.461 e. The molecule has 124 valence electrons. The summed E-state index contributed by atoms with van der Waals surface area (Å²) in [5.74, 6) is -0.374. The van der Waals surface area contributed by atoms with Gasteiger partial charge in [-0.15, -0.1) is 0 Å². The van der Waals surface area contributed by atoms with Crippen LogP contribution >= 0.6 is 7.60 Å². The normalized spacial score (nSPS) is 11.5. The molecular weight excluding hydrogens is 311 g/mol. The van der Waals surface area contributed by atoms with Gasteiger partial charge in [0.05, 0.1) is 13.2 Å². The van der Waals surface area contributed by atoms with Crippen LogP contribution in [0.2, 0.25) is 0 Å². The zero-order chi connectivity index (χ0) is 16.8. The van der Waals surface area contributed by atoms with Crippen molar-refractivity contribution in [3.63, 3.8) is 0 Å². The minimum atomic E-state index is -3.38. The van der Waals surface area contributed by atoms with Crippen LogP contribution in [-0.2, 0) is 35.9 Å². The molecule has 0 aliphatic heterocycles. The lowest BCUT2D eigenvalue weighted by Crippen LogP contribution is -2.03. The average molecular weight is 332 g/mol. The highest BCUT2D eigenvalue weighted by molar-refractivity contribution is 7.53. The Morgan fingerprint density at radius 3 is 2.23 bits per heavy atom. The Hall–Kier alpha value is -1.43. The van der Waals surface area contributed by atoms with Gasteiger partial charge in [0, 0.05) is 19.4 Å². The fourth-order valence-corrected chi connectivity index (χ4v) is 3.44. The third-order valence-corrected chi connectivity index (χ3v) is 4.64. The van der Waals surface area contributed by atoms with Gasteiger partial charge in [0.15, 0.2) is 11.5 Å². The maximum atomic E-state index is 12.6. The average Bonchev–Trinajstić information content (AvgIpc) is 2.79. The van der Waals surface area contributed by atoms with Crippen LogP contribution in [0.4, 0.5) is 0 Å². The maximum Gasteiger partial charge on any atom is 0.338 e. The first-order valence-electron chi connectivity index (χ1n) is 6.95. The topological polar surface area (TPSA) is 92.0 Å². The summed E-state index contributed by atoms with van der Waals surface area (Å²) in [6.45, 7) is 6.40. The lowest BCUT2D eigenvalue weighted by atomic mass is 10.2. The van der Waals surface area contributed by atoms with Crippen LogP contribution in [0.15, 0.2) is 10.5 Å². The van der Waals surface area contributed by atoms with Crippen LogP contribution in [0, 0.1) is 0 Å². The second-order valence-electron chi connectivity index (χ2n) is 4.50. The van der Waals surface area contributed by atoms with Crippen LogP contribution in [0.3, 0.4) is 0 Å². The molecule has 0 aliphatic carbocycles. The zero-order valence-corrected chi connectivity index (χ0v) is 14.1. The lowest BCUT2D eigenvalue weighted by molar-refractivity contribution is -0.142. The van der Waals surface area contributed by atoms with Crippen LogP contribution in [0.25, 0.3) is 0 Å². The van der Waals surface area contributed by atoms with Gasteiger partial charge in [-0.05, 0) is 19.9 Å². The predicted octanol–water partition coefficient (Wildman–Crippen LogP) is 3.31. The summed E-state index contributed by atoms with van der Waals surface area (Å²) >= 11 is 0. The third-order valence-electron chi connectivity index (χ3n) is 2.66. The number of hydrogen-bond donors (Lipinski definition) is 0. The van der Waals surface area contributed by atoms with Crippen molar-refractivity contribution in [3.8, 4) is 0 Å². The Bertz CT molecular complexity index is 566. The molecule has 1 aromatic heterocycles. The van der Waals surface area contributed by atoms with Gasteiger partial charge >= 0.3 is 13.6 Å². The molecule has 1 heterocycles. The van der Waals surface area contributed by atoms with E-state index in [4.69, 9.17) is 18.2 Å². The van der Waals surface area contributed by atoms with E-state index in [1.807, 2.05) is 0 Å². The number of ketones is 1. The molecule has 22 heavy (non-hydrogen) atoms. The molecule has 0 unspecified atom stereocenters. The van der Waals surface area contributed by atoms with Gasteiger partial charge in [0.25, 0.3) is 0 Å². The first-order valence-corrected chi connectivity index (χ1v) is 8.68. The van der Waals surface area contributed by atoms with Crippen molar-refractivity contribution >= 4 is 19.3 Å². The Labute approximate surface area is 129 Å². The molecule has 0 amide bonds. The summed E-state index contributed by atoms with van der Waals surface area (Å²) in [7, 11) is -3.38. The minimum Gasteiger partial charge on any atom is -0.461 e. The van der Waals surface area contributed by atoms with Gasteiger partial charge in [0.2, 0.25) is 0 Å². The van der Waals surface area contributed by atoms with Gasteiger partial charge in [-0.2, -0.15) is 0 Å². The number of Topliss-reactive ketones (excluding diaryl/α,β-unsaturated/α-hetero) is 1. The Balaban J connectivity index is 3.06. The zero-order valence-electron chi connectivity index (χ0n) is 13.2. The fourth-order valence-electron chi connectivity index (χ4n) is 1.77. The van der Waals surface area contributed by atoms with E-state index in [9.17, 15) is 14.2 Å². The minimum absolute atomic E-state index is 0.0697. The summed E-state index contributed by atoms with van der Waals surface area (Å²) < 4.78 is 33.3. The number of carbonyl (C=O) groups excluding carboxylic acids is 2. The van der Waals surface area contributed by atoms with Crippen molar-refractivity contribution in [3.05, 3.63) is 23.2 Å². The number of hydrogen-bond acceptors (Lipinski definition) is 7. The van der Waals surface area contributed by atoms with Crippen molar-refractivity contribution in [2.24, 2.45) is 0 Å². The molecule has 7 nitrogen and oxygen atoms in total. The number of esters is 1. The Kier molecular flexibility index (Phi) is 7.00. The van der Waals surface area contributed by atoms with Gasteiger partial charge in [-0.1, -0.05) is 0 Å². The molecule has 0 radical (unpaired) electrons. The van der Waals surface area contributed by atoms with Gasteiger partial charge in [0.1, 0.15) is 18.5 Å². The molecule has 0 fully saturated rings. The third kappa shape index (κ3) is 5.40. The van der Waals surface area contributed by atoms with Gasteiger partial charge in [-0.25, -0.2) is 0 Å². The van der Waals surface area contributed by atoms with Crippen LogP contribution in [-0.4, -0.2) is 25.0 Å². The summed E-state index contributed by atoms with van der Waals surface area (Å²) in [5, 5.41) is 0. The second kappa shape index (κ2) is 8.27. The van der Waals surface area contributed by atoms with Crippen molar-refractivity contribution in [2.75, 3.05) is 13.2 Å². The monoisotopic (exact) mass is 332 g/mol. The molecule has 0 aromatic carbocycles. The number of ether oxygens (including phenoxy) is 1. The Morgan fingerprint density at radius 1 is 1.18 bits per heavy atom. The molecule has 8 heteroatoms. The van der Waals surface area contributed by atoms with Crippen molar-refractivity contribution in [1.29, 1.82) is 0 Å². The summed E-state index contributed by atoms with van der Waals surface area (Å²) in [5.41, 5.74) is 0.472. The second-order valence-corrected chi connectivity index (χ2v) is 6.55. The molecule has 1 rings (SSSR count). The molecule has 1 aromatic rings. The van der Waals surface area contributed by atoms with E-state index in [0.717, 1.165) is 0 Å². The van der Waals surface area contributed by atoms with E-state index in [2.05, 4.69) is 0 Å². The first kappa shape index (κ1) is 18.6. The molecule has 0 spiro atoms. The molecule has 0 atom stereocenters. The van der Waals surface area contributed by atoms with E-state index in [0.29, 0.717) is 5.56 Å². The summed E-state index contributed by atoms with van der Waals surface area (Å²) in [6.07, 6.45) is -0.126. The van der Waals surface area contributed by atoms with Crippen molar-refractivity contribution in [1.82, 2.24) is 0 Å². The number of carbonyl (C=O) groups is 2.